The van der Waals surface area contributed by atoms with E-state index in [0.717, 1.165) is 43.9 Å². The lowest BCUT2D eigenvalue weighted by Gasteiger charge is -2.20. The average molecular weight is 526 g/mol. The number of thiophene rings is 1. The minimum Gasteiger partial charge on any atom is -0.267 e. The maximum Gasteiger partial charge on any atom is 0.274 e. The normalized spacial score (nSPS) is 15.3. The molecule has 0 fully saturated rings. The smallest absolute Gasteiger partial charge is 0.267 e. The van der Waals surface area contributed by atoms with Crippen LogP contribution in [0.4, 0.5) is 4.39 Å². The number of nitrogens with zero attached hydrogens (tertiary/aromatic N) is 3. The Morgan fingerprint density at radius 2 is 1.81 bits per heavy atom. The first kappa shape index (κ1) is 23.5. The molecule has 6 rings (SSSR count). The van der Waals surface area contributed by atoms with Crippen LogP contribution in [0.3, 0.4) is 0 Å². The zero-order valence-electron chi connectivity index (χ0n) is 19.9. The molecule has 0 bridgehead atoms. The predicted molar refractivity (Wildman–Crippen MR) is 148 cm³/mol. The van der Waals surface area contributed by atoms with Crippen molar-refractivity contribution in [3.8, 4) is 11.1 Å². The highest BCUT2D eigenvalue weighted by molar-refractivity contribution is 7.10. The quantitative estimate of drug-likeness (QED) is 0.238. The van der Waals surface area contributed by atoms with Crippen molar-refractivity contribution in [2.24, 2.45) is 5.10 Å². The predicted octanol–water partition coefficient (Wildman–Crippen LogP) is 8.06. The first-order valence-corrected chi connectivity index (χ1v) is 13.1. The number of para-hydroxylation sites is 1. The number of hydrogen-bond donors (Lipinski definition) is 0. The monoisotopic (exact) mass is 525 g/mol. The van der Waals surface area contributed by atoms with E-state index in [1.54, 1.807) is 23.5 Å². The van der Waals surface area contributed by atoms with Crippen molar-refractivity contribution in [2.45, 2.75) is 19.4 Å². The molecule has 1 aliphatic rings. The largest absolute Gasteiger partial charge is 0.274 e. The Balaban J connectivity index is 1.55. The van der Waals surface area contributed by atoms with E-state index in [4.69, 9.17) is 21.7 Å². The molecule has 0 aliphatic carbocycles. The van der Waals surface area contributed by atoms with E-state index in [1.165, 1.54) is 17.1 Å². The Bertz CT molecular complexity index is 1660. The second-order valence-corrected chi connectivity index (χ2v) is 10.3. The van der Waals surface area contributed by atoms with Gasteiger partial charge < -0.3 is 0 Å². The highest BCUT2D eigenvalue weighted by Crippen LogP contribution is 2.41. The van der Waals surface area contributed by atoms with Crippen LogP contribution < -0.4 is 0 Å². The van der Waals surface area contributed by atoms with Crippen molar-refractivity contribution in [2.75, 3.05) is 0 Å². The van der Waals surface area contributed by atoms with Gasteiger partial charge in [0, 0.05) is 44.1 Å². The topological polar surface area (TPSA) is 45.6 Å². The summed E-state index contributed by atoms with van der Waals surface area (Å²) < 4.78 is 14.0. The standard InChI is InChI=1S/C30H21ClFN3OS/c1-18-28(29(19-11-13-21(31)14-12-19)23-8-2-3-9-24(23)33-18)25-17-26(27-10-5-15-37-27)35(34-25)30(36)20-6-4-7-22(32)16-20/h2-16,26H,17H2,1H3/t26-/m1/s1. The number of halogens is 2. The number of pyridine rings is 1. The van der Waals surface area contributed by atoms with Crippen molar-refractivity contribution >= 4 is 45.5 Å². The number of carbonyl (C=O) groups excluding carboxylic acids is 1. The molecule has 0 saturated heterocycles. The van der Waals surface area contributed by atoms with Gasteiger partial charge in [-0.1, -0.05) is 54.1 Å². The molecular formula is C30H21ClFN3OS. The van der Waals surface area contributed by atoms with Crippen molar-refractivity contribution in [3.63, 3.8) is 0 Å². The maximum atomic E-state index is 14.0. The summed E-state index contributed by atoms with van der Waals surface area (Å²) in [5, 5.41) is 10.0. The summed E-state index contributed by atoms with van der Waals surface area (Å²) in [6.45, 7) is 1.97. The molecule has 1 atom stereocenters. The van der Waals surface area contributed by atoms with Gasteiger partial charge in [0.1, 0.15) is 5.82 Å². The number of rotatable bonds is 4. The molecule has 2 aromatic heterocycles. The van der Waals surface area contributed by atoms with Crippen LogP contribution in [0, 0.1) is 12.7 Å². The zero-order chi connectivity index (χ0) is 25.5. The minimum atomic E-state index is -0.457. The maximum absolute atomic E-state index is 14.0. The van der Waals surface area contributed by atoms with Crippen LogP contribution in [0.1, 0.15) is 39.0 Å². The fourth-order valence-corrected chi connectivity index (χ4v) is 5.85. The van der Waals surface area contributed by atoms with E-state index >= 15 is 0 Å². The van der Waals surface area contributed by atoms with Gasteiger partial charge in [-0.15, -0.1) is 11.3 Å². The molecule has 182 valence electrons. The van der Waals surface area contributed by atoms with Gasteiger partial charge in [-0.25, -0.2) is 9.40 Å². The number of fused-ring (bicyclic) bond motifs is 1. The number of aromatic nitrogens is 1. The second-order valence-electron chi connectivity index (χ2n) is 8.91. The molecule has 37 heavy (non-hydrogen) atoms. The van der Waals surface area contributed by atoms with E-state index in [9.17, 15) is 9.18 Å². The number of hydrogen-bond acceptors (Lipinski definition) is 4. The van der Waals surface area contributed by atoms with E-state index in [2.05, 4.69) is 6.07 Å². The summed E-state index contributed by atoms with van der Waals surface area (Å²) in [6, 6.07) is 25.2. The third-order valence-electron chi connectivity index (χ3n) is 6.56. The fraction of sp³-hybridized carbons (Fsp3) is 0.100. The molecule has 0 N–H and O–H groups in total. The van der Waals surface area contributed by atoms with Gasteiger partial charge in [-0.3, -0.25) is 9.78 Å². The first-order chi connectivity index (χ1) is 18.0. The molecule has 3 aromatic carbocycles. The minimum absolute atomic E-state index is 0.262. The number of benzene rings is 3. The molecule has 7 heteroatoms. The van der Waals surface area contributed by atoms with Gasteiger partial charge in [-0.2, -0.15) is 5.10 Å². The second kappa shape index (κ2) is 9.54. The summed E-state index contributed by atoms with van der Waals surface area (Å²) >= 11 is 7.78. The van der Waals surface area contributed by atoms with Crippen LogP contribution in [0.25, 0.3) is 22.0 Å². The lowest BCUT2D eigenvalue weighted by Crippen LogP contribution is -2.26. The molecule has 3 heterocycles. The molecule has 1 aliphatic heterocycles. The Kier molecular flexibility index (Phi) is 6.07. The Labute approximate surface area is 222 Å². The van der Waals surface area contributed by atoms with Crippen molar-refractivity contribution in [1.29, 1.82) is 0 Å². The van der Waals surface area contributed by atoms with Gasteiger partial charge in [0.15, 0.2) is 0 Å². The lowest BCUT2D eigenvalue weighted by molar-refractivity contribution is 0.0713. The van der Waals surface area contributed by atoms with Crippen LogP contribution in [0.5, 0.6) is 0 Å². The number of aryl methyl sites for hydroxylation is 1. The Morgan fingerprint density at radius 1 is 1.00 bits per heavy atom. The molecule has 0 unspecified atom stereocenters. The summed E-state index contributed by atoms with van der Waals surface area (Å²) in [5.41, 5.74) is 5.64. The molecule has 1 amide bonds. The van der Waals surface area contributed by atoms with Gasteiger partial charge in [0.25, 0.3) is 5.91 Å². The third kappa shape index (κ3) is 4.32. The van der Waals surface area contributed by atoms with E-state index in [0.29, 0.717) is 11.4 Å². The molecule has 4 nitrogen and oxygen atoms in total. The van der Waals surface area contributed by atoms with Crippen LogP contribution in [-0.4, -0.2) is 21.6 Å². The molecule has 0 saturated carbocycles. The van der Waals surface area contributed by atoms with Gasteiger partial charge in [-0.05, 0) is 60.3 Å². The Hall–Kier alpha value is -3.87. The SMILES string of the molecule is Cc1nc2ccccc2c(-c2ccc(Cl)cc2)c1C1=NN(C(=O)c2cccc(F)c2)[C@@H](c2cccs2)C1. The number of amides is 1. The molecule has 5 aromatic rings. The van der Waals surface area contributed by atoms with Gasteiger partial charge in [0.05, 0.1) is 17.3 Å². The molecule has 0 spiro atoms. The van der Waals surface area contributed by atoms with Crippen LogP contribution in [-0.2, 0) is 0 Å². The third-order valence-corrected chi connectivity index (χ3v) is 7.78. The number of carbonyl (C=O) groups is 1. The first-order valence-electron chi connectivity index (χ1n) is 11.9. The van der Waals surface area contributed by atoms with Gasteiger partial charge >= 0.3 is 0 Å². The lowest BCUT2D eigenvalue weighted by atomic mass is 9.90. The van der Waals surface area contributed by atoms with Crippen molar-refractivity contribution in [1.82, 2.24) is 9.99 Å². The molecule has 0 radical (unpaired) electrons. The Morgan fingerprint density at radius 3 is 2.57 bits per heavy atom. The summed E-state index contributed by atoms with van der Waals surface area (Å²) in [6.07, 6.45) is 0.517. The molecular weight excluding hydrogens is 505 g/mol. The summed E-state index contributed by atoms with van der Waals surface area (Å²) in [7, 11) is 0. The van der Waals surface area contributed by atoms with E-state index < -0.39 is 5.82 Å². The van der Waals surface area contributed by atoms with E-state index in [-0.39, 0.29) is 17.5 Å². The van der Waals surface area contributed by atoms with E-state index in [1.807, 2.05) is 66.9 Å². The summed E-state index contributed by atoms with van der Waals surface area (Å²) in [5.74, 6) is -0.797. The van der Waals surface area contributed by atoms with Crippen molar-refractivity contribution in [3.05, 3.63) is 123 Å². The fourth-order valence-electron chi connectivity index (χ4n) is 4.91. The van der Waals surface area contributed by atoms with Crippen LogP contribution in [0.2, 0.25) is 5.02 Å². The number of hydrazone groups is 1. The van der Waals surface area contributed by atoms with Crippen LogP contribution >= 0.6 is 22.9 Å². The van der Waals surface area contributed by atoms with Crippen molar-refractivity contribution < 1.29 is 9.18 Å². The average Bonchev–Trinajstić information content (AvgIpc) is 3.58. The zero-order valence-corrected chi connectivity index (χ0v) is 21.4. The highest BCUT2D eigenvalue weighted by atomic mass is 35.5. The highest BCUT2D eigenvalue weighted by Gasteiger charge is 2.36. The summed E-state index contributed by atoms with van der Waals surface area (Å²) in [4.78, 5) is 19.5. The van der Waals surface area contributed by atoms with Gasteiger partial charge in [0.2, 0.25) is 0 Å². The van der Waals surface area contributed by atoms with Crippen LogP contribution in [0.15, 0.2) is 95.4 Å².